The van der Waals surface area contributed by atoms with Crippen LogP contribution in [0.5, 0.6) is 5.75 Å². The smallest absolute Gasteiger partial charge is 0.119 e. The van der Waals surface area contributed by atoms with Gasteiger partial charge >= 0.3 is 0 Å². The van der Waals surface area contributed by atoms with Crippen molar-refractivity contribution in [2.45, 2.75) is 39.7 Å². The molecule has 3 nitrogen and oxygen atoms in total. The van der Waals surface area contributed by atoms with Crippen LogP contribution in [0.25, 0.3) is 0 Å². The first kappa shape index (κ1) is 17.0. The summed E-state index contributed by atoms with van der Waals surface area (Å²) in [6.07, 6.45) is 2.58. The number of piperidine rings is 1. The highest BCUT2D eigenvalue weighted by Crippen LogP contribution is 2.19. The SMILES string of the molecule is CC.COCCN1CCC(Oc2ccc(C)cc2)CC1. The number of ether oxygens (including phenoxy) is 2. The topological polar surface area (TPSA) is 21.7 Å². The van der Waals surface area contributed by atoms with Crippen LogP contribution >= 0.6 is 0 Å². The summed E-state index contributed by atoms with van der Waals surface area (Å²) in [5, 5.41) is 0. The lowest BCUT2D eigenvalue weighted by Crippen LogP contribution is -2.39. The fourth-order valence-corrected chi connectivity index (χ4v) is 2.28. The summed E-state index contributed by atoms with van der Waals surface area (Å²) in [7, 11) is 1.76. The molecule has 0 atom stereocenters. The van der Waals surface area contributed by atoms with Crippen molar-refractivity contribution < 1.29 is 9.47 Å². The molecular formula is C17H29NO2. The highest BCUT2D eigenvalue weighted by molar-refractivity contribution is 5.26. The Bertz CT molecular complexity index is 343. The van der Waals surface area contributed by atoms with Crippen LogP contribution in [0, 0.1) is 6.92 Å². The van der Waals surface area contributed by atoms with Crippen LogP contribution in [-0.4, -0.2) is 44.4 Å². The standard InChI is InChI=1S/C15H23NO2.C2H6/c1-13-3-5-14(6-4-13)18-15-7-9-16(10-8-15)11-12-17-2;1-2/h3-6,15H,7-12H2,1-2H3;1-2H3. The number of aryl methyl sites for hydroxylation is 1. The average Bonchev–Trinajstić information content (AvgIpc) is 2.51. The zero-order valence-electron chi connectivity index (χ0n) is 13.4. The molecule has 20 heavy (non-hydrogen) atoms. The van der Waals surface area contributed by atoms with Crippen LogP contribution < -0.4 is 4.74 Å². The van der Waals surface area contributed by atoms with Gasteiger partial charge < -0.3 is 14.4 Å². The van der Waals surface area contributed by atoms with Gasteiger partial charge in [0.25, 0.3) is 0 Å². The molecule has 0 bridgehead atoms. The predicted octanol–water partition coefficient (Wildman–Crippen LogP) is 3.51. The number of hydrogen-bond donors (Lipinski definition) is 0. The molecule has 0 radical (unpaired) electrons. The maximum Gasteiger partial charge on any atom is 0.119 e. The highest BCUT2D eigenvalue weighted by atomic mass is 16.5. The lowest BCUT2D eigenvalue weighted by Gasteiger charge is -2.31. The molecule has 0 unspecified atom stereocenters. The molecular weight excluding hydrogens is 250 g/mol. The normalized spacial score (nSPS) is 16.4. The molecule has 1 aliphatic heterocycles. The number of nitrogens with zero attached hydrogens (tertiary/aromatic N) is 1. The van der Waals surface area contributed by atoms with E-state index in [1.807, 2.05) is 13.8 Å². The second-order valence-corrected chi connectivity index (χ2v) is 4.96. The molecule has 0 spiro atoms. The molecule has 0 saturated carbocycles. The second-order valence-electron chi connectivity index (χ2n) is 4.96. The zero-order valence-corrected chi connectivity index (χ0v) is 13.4. The van der Waals surface area contributed by atoms with Gasteiger partial charge in [-0.15, -0.1) is 0 Å². The van der Waals surface area contributed by atoms with Crippen molar-refractivity contribution in [3.63, 3.8) is 0 Å². The fraction of sp³-hybridized carbons (Fsp3) is 0.647. The largest absolute Gasteiger partial charge is 0.490 e. The van der Waals surface area contributed by atoms with Crippen molar-refractivity contribution in [3.8, 4) is 5.75 Å². The quantitative estimate of drug-likeness (QED) is 0.823. The van der Waals surface area contributed by atoms with E-state index in [1.54, 1.807) is 7.11 Å². The summed E-state index contributed by atoms with van der Waals surface area (Å²) in [6.45, 7) is 10.2. The van der Waals surface area contributed by atoms with Crippen LogP contribution in [0.3, 0.4) is 0 Å². The molecule has 2 rings (SSSR count). The van der Waals surface area contributed by atoms with Crippen LogP contribution in [-0.2, 0) is 4.74 Å². The first-order valence-corrected chi connectivity index (χ1v) is 7.72. The Hall–Kier alpha value is -1.06. The van der Waals surface area contributed by atoms with E-state index >= 15 is 0 Å². The fourth-order valence-electron chi connectivity index (χ4n) is 2.28. The van der Waals surface area contributed by atoms with Crippen LogP contribution in [0.4, 0.5) is 0 Å². The van der Waals surface area contributed by atoms with Crippen LogP contribution in [0.15, 0.2) is 24.3 Å². The van der Waals surface area contributed by atoms with Gasteiger partial charge in [0.1, 0.15) is 11.9 Å². The van der Waals surface area contributed by atoms with Gasteiger partial charge in [0.2, 0.25) is 0 Å². The molecule has 1 heterocycles. The third-order valence-electron chi connectivity index (χ3n) is 3.47. The summed E-state index contributed by atoms with van der Waals surface area (Å²) in [4.78, 5) is 2.44. The number of benzene rings is 1. The molecule has 1 aliphatic rings. The van der Waals surface area contributed by atoms with Gasteiger partial charge in [0, 0.05) is 26.7 Å². The van der Waals surface area contributed by atoms with Gasteiger partial charge in [-0.1, -0.05) is 31.5 Å². The van der Waals surface area contributed by atoms with E-state index in [0.717, 1.165) is 44.8 Å². The van der Waals surface area contributed by atoms with E-state index < -0.39 is 0 Å². The molecule has 1 aromatic carbocycles. The average molecular weight is 279 g/mol. The molecule has 3 heteroatoms. The van der Waals surface area contributed by atoms with Gasteiger partial charge in [0.15, 0.2) is 0 Å². The maximum absolute atomic E-state index is 6.01. The molecule has 1 saturated heterocycles. The molecule has 0 amide bonds. The van der Waals surface area contributed by atoms with Crippen molar-refractivity contribution in [2.75, 3.05) is 33.4 Å². The summed E-state index contributed by atoms with van der Waals surface area (Å²) in [5.74, 6) is 0.996. The number of methoxy groups -OCH3 is 1. The number of likely N-dealkylation sites (tertiary alicyclic amines) is 1. The molecule has 1 fully saturated rings. The van der Waals surface area contributed by atoms with E-state index in [2.05, 4.69) is 36.1 Å². The van der Waals surface area contributed by atoms with Crippen molar-refractivity contribution in [2.24, 2.45) is 0 Å². The van der Waals surface area contributed by atoms with E-state index in [-0.39, 0.29) is 0 Å². The first-order valence-electron chi connectivity index (χ1n) is 7.72. The van der Waals surface area contributed by atoms with E-state index in [0.29, 0.717) is 6.10 Å². The lowest BCUT2D eigenvalue weighted by molar-refractivity contribution is 0.0797. The Morgan fingerprint density at radius 1 is 1.10 bits per heavy atom. The minimum atomic E-state index is 0.367. The van der Waals surface area contributed by atoms with E-state index in [1.165, 1.54) is 5.56 Å². The lowest BCUT2D eigenvalue weighted by atomic mass is 10.1. The van der Waals surface area contributed by atoms with Crippen molar-refractivity contribution in [1.29, 1.82) is 0 Å². The summed E-state index contributed by atoms with van der Waals surface area (Å²) in [6, 6.07) is 8.32. The highest BCUT2D eigenvalue weighted by Gasteiger charge is 2.19. The maximum atomic E-state index is 6.01. The molecule has 1 aromatic rings. The Balaban J connectivity index is 0.000000956. The Labute approximate surface area is 123 Å². The zero-order chi connectivity index (χ0) is 14.8. The summed E-state index contributed by atoms with van der Waals surface area (Å²) < 4.78 is 11.1. The molecule has 0 aliphatic carbocycles. The third kappa shape index (κ3) is 5.93. The van der Waals surface area contributed by atoms with Crippen LogP contribution in [0.1, 0.15) is 32.3 Å². The summed E-state index contributed by atoms with van der Waals surface area (Å²) >= 11 is 0. The van der Waals surface area contributed by atoms with Gasteiger partial charge in [-0.3, -0.25) is 0 Å². The Kier molecular flexibility index (Phi) is 8.31. The predicted molar refractivity (Wildman–Crippen MR) is 84.5 cm³/mol. The molecule has 114 valence electrons. The number of rotatable bonds is 5. The van der Waals surface area contributed by atoms with Gasteiger partial charge in [-0.25, -0.2) is 0 Å². The minimum Gasteiger partial charge on any atom is -0.490 e. The Morgan fingerprint density at radius 3 is 2.25 bits per heavy atom. The summed E-state index contributed by atoms with van der Waals surface area (Å²) in [5.41, 5.74) is 1.27. The Morgan fingerprint density at radius 2 is 1.70 bits per heavy atom. The first-order chi connectivity index (χ1) is 9.78. The van der Waals surface area contributed by atoms with Gasteiger partial charge in [-0.05, 0) is 31.9 Å². The van der Waals surface area contributed by atoms with Crippen molar-refractivity contribution in [3.05, 3.63) is 29.8 Å². The van der Waals surface area contributed by atoms with Gasteiger partial charge in [0.05, 0.1) is 6.61 Å². The van der Waals surface area contributed by atoms with Crippen molar-refractivity contribution >= 4 is 0 Å². The molecule has 0 N–H and O–H groups in total. The second kappa shape index (κ2) is 9.78. The van der Waals surface area contributed by atoms with Gasteiger partial charge in [-0.2, -0.15) is 0 Å². The minimum absolute atomic E-state index is 0.367. The van der Waals surface area contributed by atoms with Crippen molar-refractivity contribution in [1.82, 2.24) is 4.90 Å². The van der Waals surface area contributed by atoms with E-state index in [9.17, 15) is 0 Å². The van der Waals surface area contributed by atoms with E-state index in [4.69, 9.17) is 9.47 Å². The third-order valence-corrected chi connectivity index (χ3v) is 3.47. The number of hydrogen-bond acceptors (Lipinski definition) is 3. The monoisotopic (exact) mass is 279 g/mol. The van der Waals surface area contributed by atoms with Crippen LogP contribution in [0.2, 0.25) is 0 Å². The molecule has 0 aromatic heterocycles.